The fourth-order valence-corrected chi connectivity index (χ4v) is 3.34. The van der Waals surface area contributed by atoms with Crippen molar-refractivity contribution in [3.63, 3.8) is 0 Å². The van der Waals surface area contributed by atoms with Crippen LogP contribution in [0.1, 0.15) is 21.5 Å². The molecule has 4 rings (SSSR count). The van der Waals surface area contributed by atoms with Crippen LogP contribution in [-0.4, -0.2) is 5.78 Å². The van der Waals surface area contributed by atoms with Crippen molar-refractivity contribution in [3.8, 4) is 11.5 Å². The zero-order chi connectivity index (χ0) is 19.7. The Bertz CT molecular complexity index is 1090. The molecule has 1 aliphatic rings. The summed E-state index contributed by atoms with van der Waals surface area (Å²) in [6, 6.07) is 16.1. The van der Waals surface area contributed by atoms with Crippen molar-refractivity contribution < 1.29 is 18.7 Å². The number of hydrogen-bond donors (Lipinski definition) is 0. The second-order valence-corrected chi connectivity index (χ2v) is 6.96. The van der Waals surface area contributed by atoms with Gasteiger partial charge in [-0.3, -0.25) is 4.79 Å². The molecule has 0 aromatic heterocycles. The molecule has 0 fully saturated rings. The highest BCUT2D eigenvalue weighted by Crippen LogP contribution is 2.35. The van der Waals surface area contributed by atoms with Gasteiger partial charge in [0.2, 0.25) is 5.78 Å². The summed E-state index contributed by atoms with van der Waals surface area (Å²) < 4.78 is 24.8. The van der Waals surface area contributed by atoms with Gasteiger partial charge < -0.3 is 9.47 Å². The lowest BCUT2D eigenvalue weighted by molar-refractivity contribution is 0.101. The first-order valence-corrected chi connectivity index (χ1v) is 9.16. The molecule has 0 unspecified atom stereocenters. The van der Waals surface area contributed by atoms with E-state index in [1.807, 2.05) is 0 Å². The summed E-state index contributed by atoms with van der Waals surface area (Å²) in [7, 11) is 0. The lowest BCUT2D eigenvalue weighted by Crippen LogP contribution is -1.98. The SMILES string of the molecule is O=C1/C(=C/c2cccc(F)c2)Oc2cc(OCc3c(Cl)cccc3Cl)ccc21. The Morgan fingerprint density at radius 3 is 2.50 bits per heavy atom. The minimum absolute atomic E-state index is 0.131. The maximum Gasteiger partial charge on any atom is 0.231 e. The van der Waals surface area contributed by atoms with E-state index in [1.54, 1.807) is 48.5 Å². The number of fused-ring (bicyclic) bond motifs is 1. The van der Waals surface area contributed by atoms with Crippen LogP contribution in [0.4, 0.5) is 4.39 Å². The lowest BCUT2D eigenvalue weighted by Gasteiger charge is -2.10. The number of halogens is 3. The van der Waals surface area contributed by atoms with Gasteiger partial charge >= 0.3 is 0 Å². The van der Waals surface area contributed by atoms with Crippen LogP contribution in [0, 0.1) is 5.82 Å². The van der Waals surface area contributed by atoms with Crippen LogP contribution in [0.15, 0.2) is 66.4 Å². The number of ether oxygens (including phenoxy) is 2. The van der Waals surface area contributed by atoms with Crippen molar-refractivity contribution in [1.29, 1.82) is 0 Å². The molecule has 0 bridgehead atoms. The standard InChI is InChI=1S/C22H13Cl2FO3/c23-18-5-2-6-19(24)17(18)12-27-15-7-8-16-20(11-15)28-21(22(16)26)10-13-3-1-4-14(25)9-13/h1-11H,12H2/b21-10-. The molecule has 0 amide bonds. The summed E-state index contributed by atoms with van der Waals surface area (Å²) in [5.41, 5.74) is 1.64. The zero-order valence-corrected chi connectivity index (χ0v) is 15.9. The van der Waals surface area contributed by atoms with E-state index in [2.05, 4.69) is 0 Å². The number of carbonyl (C=O) groups excluding carboxylic acids is 1. The minimum Gasteiger partial charge on any atom is -0.489 e. The summed E-state index contributed by atoms with van der Waals surface area (Å²) in [5.74, 6) is 0.378. The molecule has 140 valence electrons. The minimum atomic E-state index is -0.383. The van der Waals surface area contributed by atoms with Gasteiger partial charge in [0.25, 0.3) is 0 Å². The number of Topliss-reactive ketones (excluding diaryl/α,β-unsaturated/α-hetero) is 1. The van der Waals surface area contributed by atoms with Crippen molar-refractivity contribution in [3.05, 3.63) is 99.0 Å². The molecule has 0 spiro atoms. The van der Waals surface area contributed by atoms with Crippen molar-refractivity contribution in [2.45, 2.75) is 6.61 Å². The van der Waals surface area contributed by atoms with Crippen molar-refractivity contribution in [2.24, 2.45) is 0 Å². The third kappa shape index (κ3) is 3.75. The maximum absolute atomic E-state index is 13.3. The van der Waals surface area contributed by atoms with Crippen LogP contribution >= 0.6 is 23.2 Å². The highest BCUT2D eigenvalue weighted by atomic mass is 35.5. The molecule has 0 radical (unpaired) electrons. The molecule has 0 saturated carbocycles. The molecule has 3 nitrogen and oxygen atoms in total. The molecule has 0 aliphatic carbocycles. The van der Waals surface area contributed by atoms with Crippen LogP contribution in [0.25, 0.3) is 6.08 Å². The predicted octanol–water partition coefficient (Wildman–Crippen LogP) is 6.33. The number of rotatable bonds is 4. The van der Waals surface area contributed by atoms with E-state index in [4.69, 9.17) is 32.7 Å². The third-order valence-electron chi connectivity index (χ3n) is 4.23. The fraction of sp³-hybridized carbons (Fsp3) is 0.0455. The van der Waals surface area contributed by atoms with Crippen molar-refractivity contribution >= 4 is 35.1 Å². The zero-order valence-electron chi connectivity index (χ0n) is 14.4. The normalized spacial score (nSPS) is 14.1. The first-order chi connectivity index (χ1) is 13.5. The molecular formula is C22H13Cl2FO3. The highest BCUT2D eigenvalue weighted by molar-refractivity contribution is 6.35. The van der Waals surface area contributed by atoms with Gasteiger partial charge in [-0.05, 0) is 48.0 Å². The van der Waals surface area contributed by atoms with Crippen molar-refractivity contribution in [2.75, 3.05) is 0 Å². The molecule has 0 atom stereocenters. The highest BCUT2D eigenvalue weighted by Gasteiger charge is 2.27. The van der Waals surface area contributed by atoms with Crippen LogP contribution in [0.5, 0.6) is 11.5 Å². The summed E-state index contributed by atoms with van der Waals surface area (Å²) in [4.78, 5) is 12.5. The van der Waals surface area contributed by atoms with Gasteiger partial charge in [-0.25, -0.2) is 4.39 Å². The van der Waals surface area contributed by atoms with E-state index in [0.717, 1.165) is 0 Å². The van der Waals surface area contributed by atoms with E-state index >= 15 is 0 Å². The van der Waals surface area contributed by atoms with E-state index in [9.17, 15) is 9.18 Å². The largest absolute Gasteiger partial charge is 0.489 e. The van der Waals surface area contributed by atoms with Crippen LogP contribution in [0.3, 0.4) is 0 Å². The van der Waals surface area contributed by atoms with Gasteiger partial charge in [0.1, 0.15) is 23.9 Å². The molecular weight excluding hydrogens is 402 g/mol. The van der Waals surface area contributed by atoms with E-state index < -0.39 is 0 Å². The smallest absolute Gasteiger partial charge is 0.231 e. The van der Waals surface area contributed by atoms with Gasteiger partial charge in [0.15, 0.2) is 5.76 Å². The quantitative estimate of drug-likeness (QED) is 0.468. The molecule has 0 N–H and O–H groups in total. The fourth-order valence-electron chi connectivity index (χ4n) is 2.83. The predicted molar refractivity (Wildman–Crippen MR) is 107 cm³/mol. The molecule has 3 aromatic carbocycles. The molecule has 1 aliphatic heterocycles. The number of carbonyl (C=O) groups is 1. The number of ketones is 1. The Morgan fingerprint density at radius 2 is 1.75 bits per heavy atom. The Morgan fingerprint density at radius 1 is 1.00 bits per heavy atom. The number of hydrogen-bond acceptors (Lipinski definition) is 3. The second-order valence-electron chi connectivity index (χ2n) is 6.14. The van der Waals surface area contributed by atoms with Crippen LogP contribution in [-0.2, 0) is 6.61 Å². The molecule has 6 heteroatoms. The molecule has 3 aromatic rings. The average molecular weight is 415 g/mol. The van der Waals surface area contributed by atoms with E-state index in [-0.39, 0.29) is 24.0 Å². The Kier molecular flexibility index (Phi) is 5.07. The van der Waals surface area contributed by atoms with Gasteiger partial charge in [-0.15, -0.1) is 0 Å². The number of benzene rings is 3. The van der Waals surface area contributed by atoms with Crippen molar-refractivity contribution in [1.82, 2.24) is 0 Å². The summed E-state index contributed by atoms with van der Waals surface area (Å²) in [6.07, 6.45) is 1.51. The Balaban J connectivity index is 1.54. The summed E-state index contributed by atoms with van der Waals surface area (Å²) >= 11 is 12.3. The van der Waals surface area contributed by atoms with E-state index in [1.165, 1.54) is 18.2 Å². The Hall–Kier alpha value is -2.82. The van der Waals surface area contributed by atoms with Crippen LogP contribution < -0.4 is 9.47 Å². The van der Waals surface area contributed by atoms with Gasteiger partial charge in [-0.1, -0.05) is 41.4 Å². The van der Waals surface area contributed by atoms with Crippen LogP contribution in [0.2, 0.25) is 10.0 Å². The summed E-state index contributed by atoms with van der Waals surface area (Å²) in [6.45, 7) is 0.178. The third-order valence-corrected chi connectivity index (χ3v) is 4.94. The first kappa shape index (κ1) is 18.5. The van der Waals surface area contributed by atoms with E-state index in [0.29, 0.717) is 38.2 Å². The van der Waals surface area contributed by atoms with Gasteiger partial charge in [-0.2, -0.15) is 0 Å². The Labute approximate surface area is 170 Å². The topological polar surface area (TPSA) is 35.5 Å². The van der Waals surface area contributed by atoms with Gasteiger partial charge in [0.05, 0.1) is 5.56 Å². The first-order valence-electron chi connectivity index (χ1n) is 8.41. The maximum atomic E-state index is 13.3. The summed E-state index contributed by atoms with van der Waals surface area (Å²) in [5, 5.41) is 1.03. The molecule has 0 saturated heterocycles. The average Bonchev–Trinajstić information content (AvgIpc) is 2.96. The second kappa shape index (κ2) is 7.66. The monoisotopic (exact) mass is 414 g/mol. The lowest BCUT2D eigenvalue weighted by atomic mass is 10.1. The molecule has 1 heterocycles. The molecule has 28 heavy (non-hydrogen) atoms. The van der Waals surface area contributed by atoms with Gasteiger partial charge in [0, 0.05) is 21.7 Å². The number of allylic oxidation sites excluding steroid dienone is 1.